The third kappa shape index (κ3) is 30.2. The Morgan fingerprint density at radius 1 is 0.595 bits per heavy atom. The highest BCUT2D eigenvalue weighted by Gasteiger charge is 2.21. The van der Waals surface area contributed by atoms with Crippen LogP contribution >= 0.6 is 35.3 Å². The van der Waals surface area contributed by atoms with Crippen LogP contribution in [-0.4, -0.2) is 45.6 Å². The van der Waals surface area contributed by atoms with E-state index >= 15 is 0 Å². The van der Waals surface area contributed by atoms with Crippen LogP contribution in [-0.2, 0) is 14.3 Å². The predicted octanol–water partition coefficient (Wildman–Crippen LogP) is 11.3. The van der Waals surface area contributed by atoms with Gasteiger partial charge in [0.1, 0.15) is 6.10 Å². The summed E-state index contributed by atoms with van der Waals surface area (Å²) in [6, 6.07) is 0. The Morgan fingerprint density at radius 2 is 1.05 bits per heavy atom. The zero-order valence-electron chi connectivity index (χ0n) is 28.0. The summed E-state index contributed by atoms with van der Waals surface area (Å²) in [5.41, 5.74) is 6.21. The van der Waals surface area contributed by atoms with E-state index in [1.807, 2.05) is 0 Å². The SMILES string of the molecule is CCCCCCCCCCCCCCSC(N)C(=O)OC(CCCCCCCCCCCC)CSCC(=O)SCCC. The normalized spacial score (nSPS) is 12.9. The fourth-order valence-electron chi connectivity index (χ4n) is 5.02. The van der Waals surface area contributed by atoms with Gasteiger partial charge in [-0.2, -0.15) is 0 Å². The second kappa shape index (κ2) is 34.0. The maximum absolute atomic E-state index is 12.8. The Bertz CT molecular complexity index is 594. The van der Waals surface area contributed by atoms with E-state index in [1.165, 1.54) is 152 Å². The van der Waals surface area contributed by atoms with Gasteiger partial charge in [-0.25, -0.2) is 4.79 Å². The minimum absolute atomic E-state index is 0.154. The molecule has 0 aromatic rings. The lowest BCUT2D eigenvalue weighted by Gasteiger charge is -2.20. The monoisotopic (exact) mass is 647 g/mol. The van der Waals surface area contributed by atoms with E-state index in [9.17, 15) is 9.59 Å². The molecule has 0 aromatic heterocycles. The zero-order chi connectivity index (χ0) is 30.9. The molecule has 0 saturated carbocycles. The number of ether oxygens (including phenoxy) is 1. The molecule has 0 bridgehead atoms. The standard InChI is InChI=1S/C35H69NO3S3/c1-4-7-9-11-13-15-17-18-20-22-24-26-29-42-34(36)35(38)39-32(30-40-31-33(37)41-28-6-3)27-25-23-21-19-16-14-12-10-8-5-2/h32,34H,4-31,36H2,1-3H3. The molecule has 7 heteroatoms. The van der Waals surface area contributed by atoms with Crippen molar-refractivity contribution in [3.8, 4) is 0 Å². The summed E-state index contributed by atoms with van der Waals surface area (Å²) in [4.78, 5) is 24.8. The second-order valence-electron chi connectivity index (χ2n) is 11.9. The average molecular weight is 648 g/mol. The lowest BCUT2D eigenvalue weighted by atomic mass is 10.0. The molecule has 0 fully saturated rings. The molecule has 0 radical (unpaired) electrons. The number of hydrogen-bond acceptors (Lipinski definition) is 7. The van der Waals surface area contributed by atoms with Gasteiger partial charge in [0.2, 0.25) is 0 Å². The van der Waals surface area contributed by atoms with Crippen LogP contribution in [0.25, 0.3) is 0 Å². The molecule has 0 saturated heterocycles. The fraction of sp³-hybridized carbons (Fsp3) is 0.943. The van der Waals surface area contributed by atoms with Crippen LogP contribution in [0.3, 0.4) is 0 Å². The first-order valence-corrected chi connectivity index (χ1v) is 21.0. The predicted molar refractivity (Wildman–Crippen MR) is 193 cm³/mol. The molecule has 0 aliphatic carbocycles. The first-order valence-electron chi connectivity index (χ1n) is 17.9. The van der Waals surface area contributed by atoms with Crippen LogP contribution in [0, 0.1) is 0 Å². The quantitative estimate of drug-likeness (QED) is 0.0432. The van der Waals surface area contributed by atoms with Crippen molar-refractivity contribution < 1.29 is 14.3 Å². The van der Waals surface area contributed by atoms with Crippen molar-refractivity contribution >= 4 is 46.4 Å². The molecule has 0 amide bonds. The molecule has 0 spiro atoms. The molecule has 0 aromatic carbocycles. The van der Waals surface area contributed by atoms with Crippen molar-refractivity contribution in [3.05, 3.63) is 0 Å². The Hall–Kier alpha value is 0.150. The van der Waals surface area contributed by atoms with Crippen LogP contribution in [0.2, 0.25) is 0 Å². The van der Waals surface area contributed by atoms with Gasteiger partial charge in [-0.05, 0) is 31.4 Å². The van der Waals surface area contributed by atoms with E-state index < -0.39 is 5.37 Å². The number of thioether (sulfide) groups is 3. The molecule has 0 aliphatic heterocycles. The van der Waals surface area contributed by atoms with Crippen molar-refractivity contribution in [2.45, 2.75) is 186 Å². The van der Waals surface area contributed by atoms with Crippen LogP contribution in [0.15, 0.2) is 0 Å². The Balaban J connectivity index is 4.14. The summed E-state index contributed by atoms with van der Waals surface area (Å²) in [6.45, 7) is 6.63. The Kier molecular flexibility index (Phi) is 34.2. The van der Waals surface area contributed by atoms with Gasteiger partial charge in [0.25, 0.3) is 0 Å². The van der Waals surface area contributed by atoms with Crippen LogP contribution in [0.5, 0.6) is 0 Å². The van der Waals surface area contributed by atoms with E-state index in [1.54, 1.807) is 11.8 Å². The first kappa shape index (κ1) is 42.1. The van der Waals surface area contributed by atoms with Crippen molar-refractivity contribution in [2.24, 2.45) is 5.73 Å². The number of hydrogen-bond donors (Lipinski definition) is 1. The van der Waals surface area contributed by atoms with E-state index in [-0.39, 0.29) is 17.2 Å². The van der Waals surface area contributed by atoms with E-state index in [2.05, 4.69) is 20.8 Å². The van der Waals surface area contributed by atoms with Crippen molar-refractivity contribution in [1.82, 2.24) is 0 Å². The third-order valence-corrected chi connectivity index (χ3v) is 11.1. The minimum atomic E-state index is -0.611. The molecule has 0 rings (SSSR count). The van der Waals surface area contributed by atoms with E-state index in [4.69, 9.17) is 10.5 Å². The number of esters is 1. The molecule has 4 nitrogen and oxygen atoms in total. The van der Waals surface area contributed by atoms with Crippen molar-refractivity contribution in [1.29, 1.82) is 0 Å². The first-order chi connectivity index (χ1) is 20.5. The average Bonchev–Trinajstić information content (AvgIpc) is 2.98. The number of carbonyl (C=O) groups is 2. The summed E-state index contributed by atoms with van der Waals surface area (Å²) in [5.74, 6) is 2.66. The largest absolute Gasteiger partial charge is 0.460 e. The lowest BCUT2D eigenvalue weighted by Crippen LogP contribution is -2.33. The highest BCUT2D eigenvalue weighted by Crippen LogP contribution is 2.20. The summed E-state index contributed by atoms with van der Waals surface area (Å²) >= 11 is 4.54. The van der Waals surface area contributed by atoms with Gasteiger partial charge in [0, 0.05) is 11.5 Å². The maximum Gasteiger partial charge on any atom is 0.333 e. The van der Waals surface area contributed by atoms with Gasteiger partial charge >= 0.3 is 5.97 Å². The van der Waals surface area contributed by atoms with Crippen LogP contribution < -0.4 is 5.73 Å². The van der Waals surface area contributed by atoms with Gasteiger partial charge in [-0.3, -0.25) is 4.79 Å². The van der Waals surface area contributed by atoms with Gasteiger partial charge in [0.05, 0.1) is 5.75 Å². The van der Waals surface area contributed by atoms with Gasteiger partial charge in [-0.1, -0.05) is 161 Å². The number of nitrogens with two attached hydrogens (primary N) is 1. The van der Waals surface area contributed by atoms with Crippen LogP contribution in [0.4, 0.5) is 0 Å². The molecule has 42 heavy (non-hydrogen) atoms. The molecular weight excluding hydrogens is 579 g/mol. The summed E-state index contributed by atoms with van der Waals surface area (Å²) < 4.78 is 5.90. The van der Waals surface area contributed by atoms with Crippen molar-refractivity contribution in [3.63, 3.8) is 0 Å². The number of unbranched alkanes of at least 4 members (excludes halogenated alkanes) is 20. The topological polar surface area (TPSA) is 69.4 Å². The summed E-state index contributed by atoms with van der Waals surface area (Å²) in [6.07, 6.45) is 30.6. The van der Waals surface area contributed by atoms with E-state index in [0.29, 0.717) is 11.5 Å². The second-order valence-corrected chi connectivity index (χ2v) is 15.4. The maximum atomic E-state index is 12.8. The summed E-state index contributed by atoms with van der Waals surface area (Å²) in [5, 5.41) is -0.389. The fourth-order valence-corrected chi connectivity index (χ4v) is 7.63. The van der Waals surface area contributed by atoms with E-state index in [0.717, 1.165) is 37.2 Å². The Labute approximate surface area is 274 Å². The van der Waals surface area contributed by atoms with Crippen molar-refractivity contribution in [2.75, 3.05) is 23.0 Å². The third-order valence-electron chi connectivity index (χ3n) is 7.68. The van der Waals surface area contributed by atoms with Gasteiger partial charge < -0.3 is 10.5 Å². The summed E-state index contributed by atoms with van der Waals surface area (Å²) in [7, 11) is 0. The minimum Gasteiger partial charge on any atom is -0.460 e. The molecule has 2 atom stereocenters. The molecule has 250 valence electrons. The highest BCUT2D eigenvalue weighted by atomic mass is 32.2. The van der Waals surface area contributed by atoms with Crippen LogP contribution in [0.1, 0.15) is 175 Å². The number of carbonyl (C=O) groups excluding carboxylic acids is 2. The van der Waals surface area contributed by atoms with Gasteiger partial charge in [0.15, 0.2) is 10.5 Å². The molecular formula is C35H69NO3S3. The zero-order valence-corrected chi connectivity index (χ0v) is 30.4. The highest BCUT2D eigenvalue weighted by molar-refractivity contribution is 8.15. The molecule has 2 unspecified atom stereocenters. The lowest BCUT2D eigenvalue weighted by molar-refractivity contribution is -0.147. The smallest absolute Gasteiger partial charge is 0.333 e. The van der Waals surface area contributed by atoms with Gasteiger partial charge in [-0.15, -0.1) is 23.5 Å². The molecule has 2 N–H and O–H groups in total. The molecule has 0 aliphatic rings. The molecule has 0 heterocycles. The number of rotatable bonds is 33. The Morgan fingerprint density at radius 3 is 1.52 bits per heavy atom.